The molecular formula is C11H14BrFN2. The molecule has 0 fully saturated rings. The first-order valence-corrected chi connectivity index (χ1v) is 5.38. The Hall–Kier alpha value is -0.900. The molecule has 2 nitrogen and oxygen atoms in total. The molecule has 0 saturated heterocycles. The van der Waals surface area contributed by atoms with Crippen LogP contribution >= 0.6 is 15.9 Å². The van der Waals surface area contributed by atoms with Crippen molar-refractivity contribution in [3.05, 3.63) is 33.5 Å². The first kappa shape index (κ1) is 12.2. The maximum Gasteiger partial charge on any atom is 0.146 e. The van der Waals surface area contributed by atoms with Gasteiger partial charge in [0.1, 0.15) is 5.82 Å². The highest BCUT2D eigenvalue weighted by molar-refractivity contribution is 9.10. The van der Waals surface area contributed by atoms with Crippen LogP contribution in [0, 0.1) is 5.82 Å². The molecule has 0 aliphatic heterocycles. The first-order chi connectivity index (χ1) is 6.86. The van der Waals surface area contributed by atoms with E-state index in [1.54, 1.807) is 12.1 Å². The Balaban J connectivity index is 3.36. The van der Waals surface area contributed by atoms with Gasteiger partial charge in [0.15, 0.2) is 0 Å². The van der Waals surface area contributed by atoms with Crippen LogP contribution in [0.1, 0.15) is 31.9 Å². The summed E-state index contributed by atoms with van der Waals surface area (Å²) in [4.78, 5) is 0. The predicted octanol–water partition coefficient (Wildman–Crippen LogP) is 3.18. The van der Waals surface area contributed by atoms with Gasteiger partial charge in [-0.3, -0.25) is 0 Å². The van der Waals surface area contributed by atoms with Gasteiger partial charge in [-0.25, -0.2) is 4.39 Å². The van der Waals surface area contributed by atoms with Gasteiger partial charge in [0.25, 0.3) is 0 Å². The summed E-state index contributed by atoms with van der Waals surface area (Å²) in [7, 11) is 0. The van der Waals surface area contributed by atoms with Gasteiger partial charge in [-0.05, 0) is 39.0 Å². The molecule has 1 aromatic carbocycles. The molecule has 0 aliphatic rings. The fourth-order valence-electron chi connectivity index (χ4n) is 1.22. The molecular weight excluding hydrogens is 259 g/mol. The number of nitrogens with zero attached hydrogens (tertiary/aromatic N) is 1. The third kappa shape index (κ3) is 2.78. The van der Waals surface area contributed by atoms with Crippen LogP contribution in [0.5, 0.6) is 0 Å². The standard InChI is InChI=1S/C11H14BrFN2/c1-11(2,3)8-4-7(6-15-14)10(13)9(12)5-8/h4-6H,14H2,1-3H3. The van der Waals surface area contributed by atoms with E-state index in [1.165, 1.54) is 6.21 Å². The summed E-state index contributed by atoms with van der Waals surface area (Å²) in [5.74, 6) is 4.69. The average Bonchev–Trinajstić information content (AvgIpc) is 2.11. The third-order valence-corrected chi connectivity index (χ3v) is 2.71. The van der Waals surface area contributed by atoms with E-state index >= 15 is 0 Å². The van der Waals surface area contributed by atoms with Gasteiger partial charge in [-0.15, -0.1) is 0 Å². The molecule has 0 atom stereocenters. The number of hydrogen-bond donors (Lipinski definition) is 1. The number of hydrogen-bond acceptors (Lipinski definition) is 2. The van der Waals surface area contributed by atoms with E-state index < -0.39 is 0 Å². The van der Waals surface area contributed by atoms with Crippen molar-refractivity contribution < 1.29 is 4.39 Å². The van der Waals surface area contributed by atoms with Crippen LogP contribution in [-0.2, 0) is 5.41 Å². The molecule has 1 rings (SSSR count). The van der Waals surface area contributed by atoms with Gasteiger partial charge in [-0.2, -0.15) is 5.10 Å². The number of halogens is 2. The summed E-state index contributed by atoms with van der Waals surface area (Å²) in [5.41, 5.74) is 1.40. The van der Waals surface area contributed by atoms with E-state index in [0.29, 0.717) is 10.0 Å². The Morgan fingerprint density at radius 2 is 2.00 bits per heavy atom. The Morgan fingerprint density at radius 1 is 1.40 bits per heavy atom. The fraction of sp³-hybridized carbons (Fsp3) is 0.364. The maximum absolute atomic E-state index is 13.6. The quantitative estimate of drug-likeness (QED) is 0.476. The smallest absolute Gasteiger partial charge is 0.146 e. The fourth-order valence-corrected chi connectivity index (χ4v) is 1.69. The zero-order valence-corrected chi connectivity index (χ0v) is 10.6. The number of nitrogens with two attached hydrogens (primary N) is 1. The minimum atomic E-state index is -0.336. The van der Waals surface area contributed by atoms with Crippen molar-refractivity contribution in [3.8, 4) is 0 Å². The van der Waals surface area contributed by atoms with Crippen molar-refractivity contribution in [1.29, 1.82) is 0 Å². The van der Waals surface area contributed by atoms with Gasteiger partial charge in [0.2, 0.25) is 0 Å². The molecule has 0 saturated carbocycles. The second-order valence-corrected chi connectivity index (χ2v) is 5.24. The summed E-state index contributed by atoms with van der Waals surface area (Å²) in [6, 6.07) is 3.54. The molecule has 15 heavy (non-hydrogen) atoms. The molecule has 82 valence electrons. The average molecular weight is 273 g/mol. The molecule has 0 aromatic heterocycles. The minimum Gasteiger partial charge on any atom is -0.323 e. The molecule has 0 unspecified atom stereocenters. The summed E-state index contributed by atoms with van der Waals surface area (Å²) >= 11 is 3.18. The summed E-state index contributed by atoms with van der Waals surface area (Å²) < 4.78 is 14.0. The maximum atomic E-state index is 13.6. The Labute approximate surface area is 97.5 Å². The van der Waals surface area contributed by atoms with Gasteiger partial charge in [0.05, 0.1) is 10.7 Å². The van der Waals surface area contributed by atoms with E-state index in [1.807, 2.05) is 0 Å². The Kier molecular flexibility index (Phi) is 3.50. The van der Waals surface area contributed by atoms with E-state index in [9.17, 15) is 4.39 Å². The molecule has 4 heteroatoms. The summed E-state index contributed by atoms with van der Waals surface area (Å²) in [6.45, 7) is 6.20. The third-order valence-electron chi connectivity index (χ3n) is 2.14. The molecule has 0 spiro atoms. The van der Waals surface area contributed by atoms with E-state index in [-0.39, 0.29) is 11.2 Å². The Bertz CT molecular complexity index is 394. The minimum absolute atomic E-state index is 0.0343. The first-order valence-electron chi connectivity index (χ1n) is 4.59. The number of rotatable bonds is 1. The van der Waals surface area contributed by atoms with Crippen LogP contribution in [0.2, 0.25) is 0 Å². The van der Waals surface area contributed by atoms with Gasteiger partial charge in [-0.1, -0.05) is 20.8 Å². The van der Waals surface area contributed by atoms with Crippen molar-refractivity contribution in [2.75, 3.05) is 0 Å². The summed E-state index contributed by atoms with van der Waals surface area (Å²) in [6.07, 6.45) is 1.31. The second-order valence-electron chi connectivity index (χ2n) is 4.39. The largest absolute Gasteiger partial charge is 0.323 e. The van der Waals surface area contributed by atoms with Gasteiger partial charge >= 0.3 is 0 Å². The Morgan fingerprint density at radius 3 is 2.47 bits per heavy atom. The van der Waals surface area contributed by atoms with Crippen LogP contribution in [-0.4, -0.2) is 6.21 Å². The summed E-state index contributed by atoms with van der Waals surface area (Å²) in [5, 5.41) is 3.35. The molecule has 0 heterocycles. The molecule has 0 bridgehead atoms. The van der Waals surface area contributed by atoms with Crippen molar-refractivity contribution >= 4 is 22.1 Å². The normalized spacial score (nSPS) is 12.3. The van der Waals surface area contributed by atoms with E-state index in [2.05, 4.69) is 41.8 Å². The molecule has 0 radical (unpaired) electrons. The van der Waals surface area contributed by atoms with Gasteiger partial charge in [0, 0.05) is 5.56 Å². The predicted molar refractivity (Wildman–Crippen MR) is 64.6 cm³/mol. The van der Waals surface area contributed by atoms with Gasteiger partial charge < -0.3 is 5.84 Å². The lowest BCUT2D eigenvalue weighted by Gasteiger charge is -2.20. The highest BCUT2D eigenvalue weighted by Gasteiger charge is 2.17. The van der Waals surface area contributed by atoms with Crippen LogP contribution in [0.4, 0.5) is 4.39 Å². The van der Waals surface area contributed by atoms with E-state index in [4.69, 9.17) is 5.84 Å². The second kappa shape index (κ2) is 4.31. The van der Waals surface area contributed by atoms with Crippen LogP contribution in [0.15, 0.2) is 21.7 Å². The molecule has 2 N–H and O–H groups in total. The zero-order valence-electron chi connectivity index (χ0n) is 9.01. The highest BCUT2D eigenvalue weighted by Crippen LogP contribution is 2.28. The van der Waals surface area contributed by atoms with Crippen LogP contribution < -0.4 is 5.84 Å². The van der Waals surface area contributed by atoms with Crippen LogP contribution in [0.25, 0.3) is 0 Å². The number of hydrazone groups is 1. The lowest BCUT2D eigenvalue weighted by molar-refractivity contribution is 0.579. The topological polar surface area (TPSA) is 38.4 Å². The molecule has 0 amide bonds. The SMILES string of the molecule is CC(C)(C)c1cc(Br)c(F)c(C=NN)c1. The molecule has 0 aliphatic carbocycles. The number of benzene rings is 1. The van der Waals surface area contributed by atoms with Crippen molar-refractivity contribution in [1.82, 2.24) is 0 Å². The highest BCUT2D eigenvalue weighted by atomic mass is 79.9. The van der Waals surface area contributed by atoms with Crippen LogP contribution in [0.3, 0.4) is 0 Å². The van der Waals surface area contributed by atoms with Crippen molar-refractivity contribution in [3.63, 3.8) is 0 Å². The zero-order chi connectivity index (χ0) is 11.6. The van der Waals surface area contributed by atoms with Crippen molar-refractivity contribution in [2.45, 2.75) is 26.2 Å². The lowest BCUT2D eigenvalue weighted by atomic mass is 9.86. The van der Waals surface area contributed by atoms with E-state index in [0.717, 1.165) is 5.56 Å². The monoisotopic (exact) mass is 272 g/mol. The lowest BCUT2D eigenvalue weighted by Crippen LogP contribution is -2.12. The molecule has 1 aromatic rings. The van der Waals surface area contributed by atoms with Crippen molar-refractivity contribution in [2.24, 2.45) is 10.9 Å².